The maximum Gasteiger partial charge on any atom is 0.167 e. The predicted octanol–water partition coefficient (Wildman–Crippen LogP) is 4.09. The summed E-state index contributed by atoms with van der Waals surface area (Å²) in [6.07, 6.45) is 0. The fraction of sp³-hybridized carbons (Fsp3) is 0.136. The van der Waals surface area contributed by atoms with Crippen molar-refractivity contribution in [3.63, 3.8) is 0 Å². The molecule has 0 heterocycles. The van der Waals surface area contributed by atoms with Gasteiger partial charge in [-0.05, 0) is 28.9 Å². The molecule has 0 fully saturated rings. The van der Waals surface area contributed by atoms with Crippen molar-refractivity contribution in [2.24, 2.45) is 5.73 Å². The van der Waals surface area contributed by atoms with Crippen LogP contribution in [0.1, 0.15) is 28.8 Å². The third kappa shape index (κ3) is 4.91. The van der Waals surface area contributed by atoms with Crippen LogP contribution < -0.4 is 16.4 Å². The molecule has 3 nitrogen and oxygen atoms in total. The first-order chi connectivity index (χ1) is 12.7. The van der Waals surface area contributed by atoms with Gasteiger partial charge in [0.1, 0.15) is 0 Å². The van der Waals surface area contributed by atoms with Gasteiger partial charge in [0.25, 0.3) is 0 Å². The molecular weight excluding hydrogens is 338 g/mol. The molecule has 2 atom stereocenters. The summed E-state index contributed by atoms with van der Waals surface area (Å²) in [7, 11) is 0. The van der Waals surface area contributed by atoms with Crippen LogP contribution in [0.3, 0.4) is 0 Å². The molecule has 132 valence electrons. The van der Waals surface area contributed by atoms with Gasteiger partial charge in [-0.1, -0.05) is 91.0 Å². The monoisotopic (exact) mass is 361 g/mol. The van der Waals surface area contributed by atoms with Gasteiger partial charge in [0.15, 0.2) is 5.11 Å². The summed E-state index contributed by atoms with van der Waals surface area (Å²) in [6.45, 7) is 0.675. The highest BCUT2D eigenvalue weighted by Gasteiger charge is 2.22. The molecule has 0 bridgehead atoms. The van der Waals surface area contributed by atoms with Crippen molar-refractivity contribution >= 4 is 17.3 Å². The third-order valence-electron chi connectivity index (χ3n) is 4.28. The minimum atomic E-state index is -0.213. The van der Waals surface area contributed by atoms with E-state index in [1.54, 1.807) is 0 Å². The third-order valence-corrected chi connectivity index (χ3v) is 4.55. The lowest BCUT2D eigenvalue weighted by Crippen LogP contribution is -2.41. The fourth-order valence-corrected chi connectivity index (χ4v) is 3.08. The molecule has 0 aromatic heterocycles. The Hall–Kier alpha value is -2.69. The van der Waals surface area contributed by atoms with E-state index in [0.717, 1.165) is 11.1 Å². The lowest BCUT2D eigenvalue weighted by atomic mass is 9.94. The molecule has 0 aliphatic heterocycles. The van der Waals surface area contributed by atoms with Crippen LogP contribution in [0, 0.1) is 0 Å². The Kier molecular flexibility index (Phi) is 6.36. The van der Waals surface area contributed by atoms with Gasteiger partial charge in [-0.3, -0.25) is 0 Å². The van der Waals surface area contributed by atoms with Gasteiger partial charge in [-0.15, -0.1) is 0 Å². The van der Waals surface area contributed by atoms with Crippen LogP contribution in [0.4, 0.5) is 0 Å². The molecule has 3 aromatic carbocycles. The SMILES string of the molecule is N[C@@H](c1ccccc1)[C@@H](NC(=S)NCc1ccccc1)c1ccccc1. The Bertz CT molecular complexity index is 807. The second-order valence-electron chi connectivity index (χ2n) is 6.14. The Morgan fingerprint density at radius 2 is 1.27 bits per heavy atom. The van der Waals surface area contributed by atoms with E-state index in [4.69, 9.17) is 18.0 Å². The second kappa shape index (κ2) is 9.13. The average Bonchev–Trinajstić information content (AvgIpc) is 2.72. The highest BCUT2D eigenvalue weighted by molar-refractivity contribution is 7.80. The van der Waals surface area contributed by atoms with Crippen LogP contribution in [0.15, 0.2) is 91.0 Å². The molecule has 0 unspecified atom stereocenters. The quantitative estimate of drug-likeness (QED) is 0.579. The van der Waals surface area contributed by atoms with Crippen molar-refractivity contribution in [2.75, 3.05) is 0 Å². The first-order valence-electron chi connectivity index (χ1n) is 8.68. The summed E-state index contributed by atoms with van der Waals surface area (Å²) in [5.74, 6) is 0. The molecule has 4 N–H and O–H groups in total. The average molecular weight is 362 g/mol. The van der Waals surface area contributed by atoms with E-state index >= 15 is 0 Å². The van der Waals surface area contributed by atoms with E-state index in [9.17, 15) is 0 Å². The van der Waals surface area contributed by atoms with E-state index in [-0.39, 0.29) is 12.1 Å². The Morgan fingerprint density at radius 1 is 0.769 bits per heavy atom. The Morgan fingerprint density at radius 3 is 1.85 bits per heavy atom. The summed E-state index contributed by atoms with van der Waals surface area (Å²) in [6, 6.07) is 30.1. The number of benzene rings is 3. The van der Waals surface area contributed by atoms with E-state index in [1.165, 1.54) is 5.56 Å². The van der Waals surface area contributed by atoms with Crippen LogP contribution in [-0.2, 0) is 6.54 Å². The minimum Gasteiger partial charge on any atom is -0.359 e. The Balaban J connectivity index is 1.72. The van der Waals surface area contributed by atoms with E-state index in [2.05, 4.69) is 34.9 Å². The van der Waals surface area contributed by atoms with Gasteiger partial charge in [0.2, 0.25) is 0 Å². The van der Waals surface area contributed by atoms with Crippen LogP contribution in [0.2, 0.25) is 0 Å². The lowest BCUT2D eigenvalue weighted by Gasteiger charge is -2.27. The molecule has 26 heavy (non-hydrogen) atoms. The van der Waals surface area contributed by atoms with E-state index in [0.29, 0.717) is 11.7 Å². The number of hydrogen-bond acceptors (Lipinski definition) is 2. The Labute approximate surface area is 160 Å². The number of nitrogens with two attached hydrogens (primary N) is 1. The summed E-state index contributed by atoms with van der Waals surface area (Å²) in [5, 5.41) is 7.26. The van der Waals surface area contributed by atoms with Crippen molar-refractivity contribution in [3.8, 4) is 0 Å². The van der Waals surface area contributed by atoms with Crippen molar-refractivity contribution in [1.29, 1.82) is 0 Å². The molecule has 0 aliphatic rings. The zero-order valence-electron chi connectivity index (χ0n) is 14.5. The lowest BCUT2D eigenvalue weighted by molar-refractivity contribution is 0.520. The van der Waals surface area contributed by atoms with Gasteiger partial charge < -0.3 is 16.4 Å². The molecular formula is C22H23N3S. The van der Waals surface area contributed by atoms with Crippen LogP contribution >= 0.6 is 12.2 Å². The summed E-state index contributed by atoms with van der Waals surface area (Å²) < 4.78 is 0. The molecule has 0 radical (unpaired) electrons. The highest BCUT2D eigenvalue weighted by atomic mass is 32.1. The zero-order valence-corrected chi connectivity index (χ0v) is 15.3. The highest BCUT2D eigenvalue weighted by Crippen LogP contribution is 2.26. The molecule has 0 saturated carbocycles. The van der Waals surface area contributed by atoms with E-state index < -0.39 is 0 Å². The van der Waals surface area contributed by atoms with Gasteiger partial charge in [-0.25, -0.2) is 0 Å². The molecule has 0 saturated heterocycles. The van der Waals surface area contributed by atoms with Gasteiger partial charge >= 0.3 is 0 Å². The maximum atomic E-state index is 6.58. The molecule has 0 spiro atoms. The fourth-order valence-electron chi connectivity index (χ4n) is 2.88. The summed E-state index contributed by atoms with van der Waals surface area (Å²) in [4.78, 5) is 0. The van der Waals surface area contributed by atoms with Gasteiger partial charge in [0.05, 0.1) is 12.1 Å². The topological polar surface area (TPSA) is 50.1 Å². The first kappa shape index (κ1) is 18.1. The van der Waals surface area contributed by atoms with Gasteiger partial charge in [0, 0.05) is 6.54 Å². The van der Waals surface area contributed by atoms with Crippen LogP contribution in [0.25, 0.3) is 0 Å². The van der Waals surface area contributed by atoms with Crippen LogP contribution in [0.5, 0.6) is 0 Å². The largest absolute Gasteiger partial charge is 0.359 e. The number of rotatable bonds is 6. The number of thiocarbonyl (C=S) groups is 1. The van der Waals surface area contributed by atoms with Crippen LogP contribution in [-0.4, -0.2) is 5.11 Å². The molecule has 4 heteroatoms. The van der Waals surface area contributed by atoms with Crippen molar-refractivity contribution < 1.29 is 0 Å². The molecule has 0 amide bonds. The van der Waals surface area contributed by atoms with Crippen molar-refractivity contribution in [3.05, 3.63) is 108 Å². The van der Waals surface area contributed by atoms with Crippen molar-refractivity contribution in [1.82, 2.24) is 10.6 Å². The molecule has 0 aliphatic carbocycles. The van der Waals surface area contributed by atoms with Crippen molar-refractivity contribution in [2.45, 2.75) is 18.6 Å². The second-order valence-corrected chi connectivity index (χ2v) is 6.55. The molecule has 3 aromatic rings. The number of nitrogens with one attached hydrogen (secondary N) is 2. The first-order valence-corrected chi connectivity index (χ1v) is 9.08. The minimum absolute atomic E-state index is 0.116. The predicted molar refractivity (Wildman–Crippen MR) is 112 cm³/mol. The number of hydrogen-bond donors (Lipinski definition) is 3. The summed E-state index contributed by atoms with van der Waals surface area (Å²) in [5.41, 5.74) is 9.93. The van der Waals surface area contributed by atoms with Gasteiger partial charge in [-0.2, -0.15) is 0 Å². The maximum absolute atomic E-state index is 6.58. The smallest absolute Gasteiger partial charge is 0.167 e. The van der Waals surface area contributed by atoms with E-state index in [1.807, 2.05) is 66.7 Å². The zero-order chi connectivity index (χ0) is 18.2. The standard InChI is InChI=1S/C22H23N3S/c23-20(18-12-6-2-7-13-18)21(19-14-8-3-9-15-19)25-22(26)24-16-17-10-4-1-5-11-17/h1-15,20-21H,16,23H2,(H2,24,25,26)/t20-,21-/m0/s1. The normalized spacial score (nSPS) is 12.8. The summed E-state index contributed by atoms with van der Waals surface area (Å²) >= 11 is 5.52. The molecule has 3 rings (SSSR count).